The van der Waals surface area contributed by atoms with Crippen molar-refractivity contribution in [1.82, 2.24) is 4.90 Å². The highest BCUT2D eigenvalue weighted by Crippen LogP contribution is 2.39. The number of ether oxygens (including phenoxy) is 2. The zero-order chi connectivity index (χ0) is 24.2. The smallest absolute Gasteiger partial charge is 0.290 e. The number of carbonyl (C=O) groups excluding carboxylic acids is 2. The summed E-state index contributed by atoms with van der Waals surface area (Å²) in [7, 11) is 0. The molecule has 3 heterocycles. The summed E-state index contributed by atoms with van der Waals surface area (Å²) in [6.45, 7) is 10.3. The van der Waals surface area contributed by atoms with E-state index in [0.29, 0.717) is 18.1 Å². The van der Waals surface area contributed by atoms with Crippen molar-refractivity contribution in [3.05, 3.63) is 64.8 Å². The van der Waals surface area contributed by atoms with Crippen molar-refractivity contribution in [3.63, 3.8) is 0 Å². The molecule has 0 bridgehead atoms. The molecule has 0 aliphatic carbocycles. The van der Waals surface area contributed by atoms with Crippen LogP contribution in [0.2, 0.25) is 0 Å². The van der Waals surface area contributed by atoms with Crippen LogP contribution in [-0.2, 0) is 9.53 Å². The van der Waals surface area contributed by atoms with Crippen molar-refractivity contribution in [3.8, 4) is 5.75 Å². The van der Waals surface area contributed by atoms with E-state index in [2.05, 4.69) is 0 Å². The highest BCUT2D eigenvalue weighted by Gasteiger charge is 2.44. The third kappa shape index (κ3) is 5.18. The SMILES string of the molecule is Cc1ccc(C(=O)C2=C(O)C(=O)N(CCC[NH+]3CCOCC3)C2c2ccc(OC(C)C)cc2)o1. The molecule has 1 aromatic heterocycles. The summed E-state index contributed by atoms with van der Waals surface area (Å²) in [5, 5.41) is 10.8. The number of amides is 1. The molecule has 2 aromatic rings. The van der Waals surface area contributed by atoms with E-state index in [4.69, 9.17) is 13.9 Å². The Balaban J connectivity index is 1.60. The Bertz CT molecular complexity index is 1050. The summed E-state index contributed by atoms with van der Waals surface area (Å²) < 4.78 is 16.7. The molecule has 8 nitrogen and oxygen atoms in total. The van der Waals surface area contributed by atoms with Gasteiger partial charge in [0, 0.05) is 13.0 Å². The number of quaternary nitrogens is 1. The first kappa shape index (κ1) is 24.0. The average molecular weight is 470 g/mol. The number of aliphatic hydroxyl groups excluding tert-OH is 1. The van der Waals surface area contributed by atoms with Gasteiger partial charge in [0.25, 0.3) is 5.91 Å². The van der Waals surface area contributed by atoms with Gasteiger partial charge in [-0.05, 0) is 50.6 Å². The lowest BCUT2D eigenvalue weighted by Gasteiger charge is -2.28. The Hall–Kier alpha value is -3.10. The van der Waals surface area contributed by atoms with Gasteiger partial charge in [-0.2, -0.15) is 0 Å². The minimum atomic E-state index is -0.696. The Labute approximate surface area is 199 Å². The predicted octanol–water partition coefficient (Wildman–Crippen LogP) is 2.26. The first-order chi connectivity index (χ1) is 16.3. The summed E-state index contributed by atoms with van der Waals surface area (Å²) in [6.07, 6.45) is 0.780. The van der Waals surface area contributed by atoms with Gasteiger partial charge in [0.1, 0.15) is 24.6 Å². The van der Waals surface area contributed by atoms with Crippen LogP contribution in [0.15, 0.2) is 52.1 Å². The number of benzene rings is 1. The molecular weight excluding hydrogens is 436 g/mol. The molecule has 1 unspecified atom stereocenters. The van der Waals surface area contributed by atoms with E-state index in [9.17, 15) is 14.7 Å². The fraction of sp³-hybridized carbons (Fsp3) is 0.462. The molecule has 0 saturated carbocycles. The van der Waals surface area contributed by atoms with Gasteiger partial charge < -0.3 is 28.8 Å². The zero-order valence-corrected chi connectivity index (χ0v) is 20.0. The summed E-state index contributed by atoms with van der Waals surface area (Å²) in [5.74, 6) is -0.122. The van der Waals surface area contributed by atoms with Crippen LogP contribution in [-0.4, -0.2) is 67.2 Å². The maximum Gasteiger partial charge on any atom is 0.290 e. The minimum absolute atomic E-state index is 0.0290. The van der Waals surface area contributed by atoms with Gasteiger partial charge in [-0.1, -0.05) is 12.1 Å². The summed E-state index contributed by atoms with van der Waals surface area (Å²) in [5.41, 5.74) is 0.787. The minimum Gasteiger partial charge on any atom is -0.503 e. The first-order valence-corrected chi connectivity index (χ1v) is 11.9. The lowest BCUT2D eigenvalue weighted by molar-refractivity contribution is -0.908. The van der Waals surface area contributed by atoms with Gasteiger partial charge in [0.15, 0.2) is 11.5 Å². The molecule has 2 aliphatic heterocycles. The van der Waals surface area contributed by atoms with Crippen LogP contribution in [0.4, 0.5) is 0 Å². The second kappa shape index (κ2) is 10.4. The number of furan rings is 1. The van der Waals surface area contributed by atoms with Gasteiger partial charge in [-0.15, -0.1) is 0 Å². The molecule has 182 valence electrons. The maximum absolute atomic E-state index is 13.3. The largest absolute Gasteiger partial charge is 0.503 e. The fourth-order valence-corrected chi connectivity index (χ4v) is 4.56. The van der Waals surface area contributed by atoms with Gasteiger partial charge in [-0.25, -0.2) is 0 Å². The number of hydrogen-bond acceptors (Lipinski definition) is 6. The second-order valence-electron chi connectivity index (χ2n) is 9.10. The number of rotatable bonds is 9. The van der Waals surface area contributed by atoms with E-state index in [0.717, 1.165) is 44.8 Å². The molecule has 0 radical (unpaired) electrons. The van der Waals surface area contributed by atoms with Crippen LogP contribution in [0.3, 0.4) is 0 Å². The number of aryl methyl sites for hydroxylation is 1. The Morgan fingerprint density at radius 2 is 1.88 bits per heavy atom. The van der Waals surface area contributed by atoms with Crippen molar-refractivity contribution >= 4 is 11.7 Å². The molecule has 1 saturated heterocycles. The van der Waals surface area contributed by atoms with Crippen LogP contribution >= 0.6 is 0 Å². The molecule has 1 atom stereocenters. The van der Waals surface area contributed by atoms with E-state index in [1.165, 1.54) is 4.90 Å². The third-order valence-corrected chi connectivity index (χ3v) is 6.21. The number of nitrogens with one attached hydrogen (secondary N) is 1. The number of ketones is 1. The Kier molecular flexibility index (Phi) is 7.38. The van der Waals surface area contributed by atoms with E-state index in [1.54, 1.807) is 24.0 Å². The molecule has 1 amide bonds. The molecule has 1 aromatic carbocycles. The van der Waals surface area contributed by atoms with E-state index < -0.39 is 23.5 Å². The number of Topliss-reactive ketones (excluding diaryl/α,β-unsaturated/α-hetero) is 1. The van der Waals surface area contributed by atoms with E-state index in [-0.39, 0.29) is 17.4 Å². The number of aliphatic hydroxyl groups is 1. The van der Waals surface area contributed by atoms with Crippen LogP contribution in [0.25, 0.3) is 0 Å². The van der Waals surface area contributed by atoms with Gasteiger partial charge >= 0.3 is 0 Å². The maximum atomic E-state index is 13.3. The number of morpholine rings is 1. The van der Waals surface area contributed by atoms with Crippen molar-refractivity contribution < 1.29 is 33.5 Å². The van der Waals surface area contributed by atoms with Crippen LogP contribution in [0, 0.1) is 6.92 Å². The number of hydrogen-bond donors (Lipinski definition) is 2. The number of nitrogens with zero attached hydrogens (tertiary/aromatic N) is 1. The molecule has 34 heavy (non-hydrogen) atoms. The van der Waals surface area contributed by atoms with Gasteiger partial charge in [0.05, 0.1) is 37.5 Å². The topological polar surface area (TPSA) is 93.7 Å². The lowest BCUT2D eigenvalue weighted by Crippen LogP contribution is -3.14. The average Bonchev–Trinajstić information content (AvgIpc) is 3.36. The fourth-order valence-electron chi connectivity index (χ4n) is 4.56. The summed E-state index contributed by atoms with van der Waals surface area (Å²) >= 11 is 0. The zero-order valence-electron chi connectivity index (χ0n) is 20.0. The number of carbonyl (C=O) groups is 2. The second-order valence-corrected chi connectivity index (χ2v) is 9.10. The Morgan fingerprint density at radius 3 is 2.50 bits per heavy atom. The van der Waals surface area contributed by atoms with Crippen LogP contribution in [0.1, 0.15) is 48.2 Å². The molecule has 2 N–H and O–H groups in total. The standard InChI is InChI=1S/C26H32N2O6/c1-17(2)33-20-8-6-19(7-9-20)23-22(24(29)21-10-5-18(3)34-21)25(30)26(31)28(23)12-4-11-27-13-15-32-16-14-27/h5-10,17,23,30H,4,11-16H2,1-3H3/p+1. The normalized spacial score (nSPS) is 19.4. The Morgan fingerprint density at radius 1 is 1.18 bits per heavy atom. The quantitative estimate of drug-likeness (QED) is 0.548. The van der Waals surface area contributed by atoms with Crippen molar-refractivity contribution in [2.24, 2.45) is 0 Å². The van der Waals surface area contributed by atoms with Gasteiger partial charge in [0.2, 0.25) is 5.78 Å². The highest BCUT2D eigenvalue weighted by molar-refractivity contribution is 6.15. The predicted molar refractivity (Wildman–Crippen MR) is 125 cm³/mol. The van der Waals surface area contributed by atoms with E-state index in [1.807, 2.05) is 38.1 Å². The van der Waals surface area contributed by atoms with Gasteiger partial charge in [-0.3, -0.25) is 9.59 Å². The van der Waals surface area contributed by atoms with Crippen molar-refractivity contribution in [2.75, 3.05) is 39.4 Å². The summed E-state index contributed by atoms with van der Waals surface area (Å²) in [6, 6.07) is 9.90. The third-order valence-electron chi connectivity index (χ3n) is 6.21. The van der Waals surface area contributed by atoms with Crippen LogP contribution < -0.4 is 9.64 Å². The molecule has 0 spiro atoms. The van der Waals surface area contributed by atoms with Crippen molar-refractivity contribution in [2.45, 2.75) is 39.3 Å². The van der Waals surface area contributed by atoms with E-state index >= 15 is 0 Å². The lowest BCUT2D eigenvalue weighted by atomic mass is 9.95. The summed E-state index contributed by atoms with van der Waals surface area (Å²) in [4.78, 5) is 29.5. The molecular formula is C26H33N2O6+. The highest BCUT2D eigenvalue weighted by atomic mass is 16.5. The van der Waals surface area contributed by atoms with Crippen LogP contribution in [0.5, 0.6) is 5.75 Å². The van der Waals surface area contributed by atoms with Crippen molar-refractivity contribution in [1.29, 1.82) is 0 Å². The molecule has 1 fully saturated rings. The molecule has 4 rings (SSSR count). The molecule has 2 aliphatic rings. The first-order valence-electron chi connectivity index (χ1n) is 11.9. The molecule has 8 heteroatoms. The monoisotopic (exact) mass is 469 g/mol.